The third kappa shape index (κ3) is 3.24. The molecular formula is C14H12ClFN2O2. The van der Waals surface area contributed by atoms with E-state index >= 15 is 0 Å². The van der Waals surface area contributed by atoms with Crippen LogP contribution in [-0.4, -0.2) is 4.92 Å². The molecule has 0 fully saturated rings. The van der Waals surface area contributed by atoms with Crippen LogP contribution in [0, 0.1) is 22.9 Å². The van der Waals surface area contributed by atoms with E-state index in [0.717, 1.165) is 0 Å². The molecule has 0 aliphatic carbocycles. The molecule has 0 bridgehead atoms. The van der Waals surface area contributed by atoms with Crippen LogP contribution >= 0.6 is 11.6 Å². The molecule has 20 heavy (non-hydrogen) atoms. The number of halogens is 2. The Kier molecular flexibility index (Phi) is 4.20. The predicted molar refractivity (Wildman–Crippen MR) is 76.6 cm³/mol. The van der Waals surface area contributed by atoms with Gasteiger partial charge in [0.1, 0.15) is 5.82 Å². The molecule has 0 amide bonds. The Labute approximate surface area is 120 Å². The second-order valence-electron chi connectivity index (χ2n) is 4.35. The van der Waals surface area contributed by atoms with Gasteiger partial charge in [-0.25, -0.2) is 4.39 Å². The van der Waals surface area contributed by atoms with Crippen molar-refractivity contribution in [1.29, 1.82) is 0 Å². The van der Waals surface area contributed by atoms with E-state index in [2.05, 4.69) is 5.32 Å². The number of anilines is 1. The Morgan fingerprint density at radius 1 is 1.30 bits per heavy atom. The van der Waals surface area contributed by atoms with Gasteiger partial charge in [-0.2, -0.15) is 0 Å². The minimum absolute atomic E-state index is 0.0578. The van der Waals surface area contributed by atoms with Crippen LogP contribution in [0.3, 0.4) is 0 Å². The summed E-state index contributed by atoms with van der Waals surface area (Å²) in [6, 6.07) is 9.19. The third-order valence-corrected chi connectivity index (χ3v) is 3.13. The van der Waals surface area contributed by atoms with Crippen molar-refractivity contribution in [1.82, 2.24) is 0 Å². The third-order valence-electron chi connectivity index (χ3n) is 2.90. The number of aryl methyl sites for hydroxylation is 1. The first kappa shape index (κ1) is 14.3. The number of rotatable bonds is 4. The molecule has 2 rings (SSSR count). The van der Waals surface area contributed by atoms with Gasteiger partial charge in [0.05, 0.1) is 4.92 Å². The molecule has 104 valence electrons. The summed E-state index contributed by atoms with van der Waals surface area (Å²) in [4.78, 5) is 10.5. The standard InChI is InChI=1S/C14H12ClFN2O2/c1-9-2-5-12(7-13(9)16)17-8-10-3-4-11(15)6-14(10)18(19)20/h2-7,17H,8H2,1H3. The molecule has 0 heterocycles. The van der Waals surface area contributed by atoms with Gasteiger partial charge < -0.3 is 5.32 Å². The van der Waals surface area contributed by atoms with Crippen molar-refractivity contribution < 1.29 is 9.31 Å². The van der Waals surface area contributed by atoms with Crippen molar-refractivity contribution in [2.24, 2.45) is 0 Å². The summed E-state index contributed by atoms with van der Waals surface area (Å²) in [5.41, 5.74) is 1.54. The predicted octanol–water partition coefficient (Wildman–Crippen LogP) is 4.31. The summed E-state index contributed by atoms with van der Waals surface area (Å²) in [6.07, 6.45) is 0. The fraction of sp³-hybridized carbons (Fsp3) is 0.143. The molecule has 1 N–H and O–H groups in total. The number of benzene rings is 2. The van der Waals surface area contributed by atoms with Gasteiger partial charge >= 0.3 is 0 Å². The fourth-order valence-electron chi connectivity index (χ4n) is 1.76. The smallest absolute Gasteiger partial charge is 0.275 e. The summed E-state index contributed by atoms with van der Waals surface area (Å²) in [6.45, 7) is 1.89. The van der Waals surface area contributed by atoms with E-state index in [9.17, 15) is 14.5 Å². The van der Waals surface area contributed by atoms with Gasteiger partial charge in [0.2, 0.25) is 0 Å². The lowest BCUT2D eigenvalue weighted by molar-refractivity contribution is -0.385. The van der Waals surface area contributed by atoms with E-state index in [4.69, 9.17) is 11.6 Å². The molecule has 0 unspecified atom stereocenters. The molecule has 2 aromatic rings. The number of nitro groups is 1. The van der Waals surface area contributed by atoms with Crippen LogP contribution in [0.2, 0.25) is 5.02 Å². The van der Waals surface area contributed by atoms with Crippen molar-refractivity contribution in [2.45, 2.75) is 13.5 Å². The lowest BCUT2D eigenvalue weighted by Crippen LogP contribution is -2.03. The topological polar surface area (TPSA) is 55.2 Å². The molecule has 0 spiro atoms. The minimum atomic E-state index is -0.487. The summed E-state index contributed by atoms with van der Waals surface area (Å²) >= 11 is 5.74. The van der Waals surface area contributed by atoms with E-state index in [1.54, 1.807) is 31.2 Å². The lowest BCUT2D eigenvalue weighted by atomic mass is 10.1. The summed E-state index contributed by atoms with van der Waals surface area (Å²) < 4.78 is 13.4. The van der Waals surface area contributed by atoms with E-state index in [0.29, 0.717) is 21.8 Å². The molecule has 0 aliphatic heterocycles. The Morgan fingerprint density at radius 3 is 2.70 bits per heavy atom. The zero-order valence-electron chi connectivity index (χ0n) is 10.7. The number of hydrogen-bond donors (Lipinski definition) is 1. The van der Waals surface area contributed by atoms with E-state index in [-0.39, 0.29) is 18.0 Å². The second-order valence-corrected chi connectivity index (χ2v) is 4.78. The summed E-state index contributed by atoms with van der Waals surface area (Å²) in [5, 5.41) is 14.2. The van der Waals surface area contributed by atoms with Crippen molar-refractivity contribution in [3.8, 4) is 0 Å². The molecule has 6 heteroatoms. The molecule has 0 aromatic heterocycles. The summed E-state index contributed by atoms with van der Waals surface area (Å²) in [5.74, 6) is -0.319. The second kappa shape index (κ2) is 5.88. The maximum atomic E-state index is 13.4. The van der Waals surface area contributed by atoms with Crippen LogP contribution in [0.25, 0.3) is 0 Å². The first-order chi connectivity index (χ1) is 9.47. The van der Waals surface area contributed by atoms with Crippen LogP contribution in [0.15, 0.2) is 36.4 Å². The maximum Gasteiger partial charge on any atom is 0.275 e. The maximum absolute atomic E-state index is 13.4. The normalized spacial score (nSPS) is 10.3. The molecule has 0 aliphatic rings. The molecule has 0 atom stereocenters. The Hall–Kier alpha value is -2.14. The van der Waals surface area contributed by atoms with E-state index in [1.807, 2.05) is 0 Å². The van der Waals surface area contributed by atoms with E-state index < -0.39 is 4.92 Å². The van der Waals surface area contributed by atoms with Gasteiger partial charge in [-0.15, -0.1) is 0 Å². The van der Waals surface area contributed by atoms with Gasteiger partial charge in [0, 0.05) is 28.9 Å². The minimum Gasteiger partial charge on any atom is -0.381 e. The van der Waals surface area contributed by atoms with E-state index in [1.165, 1.54) is 12.1 Å². The largest absolute Gasteiger partial charge is 0.381 e. The van der Waals surface area contributed by atoms with Crippen molar-refractivity contribution >= 4 is 23.0 Å². The first-order valence-corrected chi connectivity index (χ1v) is 6.28. The molecule has 2 aromatic carbocycles. The average Bonchev–Trinajstić information content (AvgIpc) is 2.41. The number of nitrogens with one attached hydrogen (secondary N) is 1. The Bertz CT molecular complexity index is 662. The highest BCUT2D eigenvalue weighted by atomic mass is 35.5. The number of nitrogens with zero attached hydrogens (tertiary/aromatic N) is 1. The molecule has 0 saturated heterocycles. The number of hydrogen-bond acceptors (Lipinski definition) is 3. The van der Waals surface area contributed by atoms with Crippen molar-refractivity contribution in [3.63, 3.8) is 0 Å². The van der Waals surface area contributed by atoms with Crippen LogP contribution in [0.4, 0.5) is 15.8 Å². The van der Waals surface area contributed by atoms with Crippen LogP contribution in [-0.2, 0) is 6.54 Å². The summed E-state index contributed by atoms with van der Waals surface area (Å²) in [7, 11) is 0. The van der Waals surface area contributed by atoms with Crippen LogP contribution in [0.5, 0.6) is 0 Å². The lowest BCUT2D eigenvalue weighted by Gasteiger charge is -2.08. The van der Waals surface area contributed by atoms with Crippen molar-refractivity contribution in [3.05, 3.63) is 68.5 Å². The molecule has 0 radical (unpaired) electrons. The van der Waals surface area contributed by atoms with Crippen LogP contribution in [0.1, 0.15) is 11.1 Å². The monoisotopic (exact) mass is 294 g/mol. The van der Waals surface area contributed by atoms with Crippen molar-refractivity contribution in [2.75, 3.05) is 5.32 Å². The molecule has 4 nitrogen and oxygen atoms in total. The zero-order chi connectivity index (χ0) is 14.7. The Morgan fingerprint density at radius 2 is 2.05 bits per heavy atom. The highest BCUT2D eigenvalue weighted by molar-refractivity contribution is 6.30. The van der Waals surface area contributed by atoms with Crippen LogP contribution < -0.4 is 5.32 Å². The SMILES string of the molecule is Cc1ccc(NCc2ccc(Cl)cc2[N+](=O)[O-])cc1F. The molecule has 0 saturated carbocycles. The fourth-order valence-corrected chi connectivity index (χ4v) is 1.92. The van der Waals surface area contributed by atoms with Gasteiger partial charge in [-0.1, -0.05) is 17.7 Å². The average molecular weight is 295 g/mol. The quantitative estimate of drug-likeness (QED) is 0.675. The first-order valence-electron chi connectivity index (χ1n) is 5.90. The zero-order valence-corrected chi connectivity index (χ0v) is 11.4. The number of nitro benzene ring substituents is 1. The van der Waals surface area contributed by atoms with Gasteiger partial charge in [0.15, 0.2) is 0 Å². The Balaban J connectivity index is 2.18. The highest BCUT2D eigenvalue weighted by Crippen LogP contribution is 2.24. The van der Waals surface area contributed by atoms with Gasteiger partial charge in [-0.3, -0.25) is 10.1 Å². The van der Waals surface area contributed by atoms with Gasteiger partial charge in [-0.05, 0) is 36.8 Å². The molecular weight excluding hydrogens is 283 g/mol. The highest BCUT2D eigenvalue weighted by Gasteiger charge is 2.14. The van der Waals surface area contributed by atoms with Gasteiger partial charge in [0.25, 0.3) is 5.69 Å².